The van der Waals surface area contributed by atoms with E-state index in [0.29, 0.717) is 25.1 Å². The predicted octanol–water partition coefficient (Wildman–Crippen LogP) is 2.52. The van der Waals surface area contributed by atoms with Gasteiger partial charge in [-0.3, -0.25) is 9.59 Å². The van der Waals surface area contributed by atoms with Crippen LogP contribution in [0.4, 0.5) is 5.69 Å². The molecule has 6 nitrogen and oxygen atoms in total. The van der Waals surface area contributed by atoms with Crippen molar-refractivity contribution in [1.29, 1.82) is 0 Å². The van der Waals surface area contributed by atoms with E-state index >= 15 is 0 Å². The SMILES string of the molecule is COc1ccc(OCCCC(=O)Nc2ccc(CC(N)=O)cc2)cc1. The van der Waals surface area contributed by atoms with E-state index in [1.165, 1.54) is 0 Å². The highest BCUT2D eigenvalue weighted by Crippen LogP contribution is 2.17. The zero-order valence-electron chi connectivity index (χ0n) is 14.2. The first kappa shape index (κ1) is 18.3. The Morgan fingerprint density at radius 1 is 1.00 bits per heavy atom. The normalized spacial score (nSPS) is 10.1. The van der Waals surface area contributed by atoms with Gasteiger partial charge in [0.05, 0.1) is 20.1 Å². The number of hydrogen-bond acceptors (Lipinski definition) is 4. The van der Waals surface area contributed by atoms with Crippen molar-refractivity contribution < 1.29 is 19.1 Å². The van der Waals surface area contributed by atoms with E-state index in [-0.39, 0.29) is 18.2 Å². The van der Waals surface area contributed by atoms with E-state index in [1.54, 1.807) is 31.4 Å². The number of hydrogen-bond donors (Lipinski definition) is 2. The average molecular weight is 342 g/mol. The summed E-state index contributed by atoms with van der Waals surface area (Å²) in [6, 6.07) is 14.3. The molecule has 0 bridgehead atoms. The van der Waals surface area contributed by atoms with Crippen LogP contribution >= 0.6 is 0 Å². The van der Waals surface area contributed by atoms with Crippen LogP contribution < -0.4 is 20.5 Å². The highest BCUT2D eigenvalue weighted by molar-refractivity contribution is 5.90. The number of methoxy groups -OCH3 is 1. The molecule has 0 saturated carbocycles. The number of nitrogens with two attached hydrogens (primary N) is 1. The molecule has 25 heavy (non-hydrogen) atoms. The molecule has 3 N–H and O–H groups in total. The molecule has 0 atom stereocenters. The quantitative estimate of drug-likeness (QED) is 0.685. The van der Waals surface area contributed by atoms with Gasteiger partial charge in [-0.15, -0.1) is 0 Å². The second-order valence-electron chi connectivity index (χ2n) is 5.52. The summed E-state index contributed by atoms with van der Waals surface area (Å²) in [6.07, 6.45) is 1.16. The van der Waals surface area contributed by atoms with E-state index < -0.39 is 0 Å². The molecule has 2 rings (SSSR count). The number of nitrogens with one attached hydrogen (secondary N) is 1. The maximum Gasteiger partial charge on any atom is 0.224 e. The fraction of sp³-hybridized carbons (Fsp3) is 0.263. The molecule has 0 aliphatic rings. The number of benzene rings is 2. The molecule has 0 aromatic heterocycles. The second kappa shape index (κ2) is 9.32. The molecular formula is C19H22N2O4. The predicted molar refractivity (Wildman–Crippen MR) is 95.7 cm³/mol. The van der Waals surface area contributed by atoms with E-state index in [1.807, 2.05) is 24.3 Å². The van der Waals surface area contributed by atoms with Gasteiger partial charge in [0.25, 0.3) is 0 Å². The standard InChI is InChI=1S/C19H22N2O4/c1-24-16-8-10-17(11-9-16)25-12-2-3-19(23)21-15-6-4-14(5-7-15)13-18(20)22/h4-11H,2-3,12-13H2,1H3,(H2,20,22)(H,21,23). The number of rotatable bonds is 9. The smallest absolute Gasteiger partial charge is 0.224 e. The lowest BCUT2D eigenvalue weighted by molar-refractivity contribution is -0.117. The minimum atomic E-state index is -0.381. The molecule has 0 radical (unpaired) electrons. The number of carbonyl (C=O) groups is 2. The van der Waals surface area contributed by atoms with E-state index in [9.17, 15) is 9.59 Å². The first-order valence-electron chi connectivity index (χ1n) is 8.01. The fourth-order valence-electron chi connectivity index (χ4n) is 2.23. The maximum atomic E-state index is 11.9. The molecular weight excluding hydrogens is 320 g/mol. The average Bonchev–Trinajstić information content (AvgIpc) is 2.60. The van der Waals surface area contributed by atoms with E-state index in [0.717, 1.165) is 17.1 Å². The van der Waals surface area contributed by atoms with Crippen LogP contribution in [0.2, 0.25) is 0 Å². The van der Waals surface area contributed by atoms with Gasteiger partial charge in [-0.1, -0.05) is 12.1 Å². The highest BCUT2D eigenvalue weighted by atomic mass is 16.5. The van der Waals surface area contributed by atoms with Gasteiger partial charge < -0.3 is 20.5 Å². The largest absolute Gasteiger partial charge is 0.497 e. The highest BCUT2D eigenvalue weighted by Gasteiger charge is 2.04. The molecule has 6 heteroatoms. The third kappa shape index (κ3) is 6.55. The number of ether oxygens (including phenoxy) is 2. The molecule has 0 heterocycles. The lowest BCUT2D eigenvalue weighted by Gasteiger charge is -2.08. The maximum absolute atomic E-state index is 11.9. The second-order valence-corrected chi connectivity index (χ2v) is 5.52. The molecule has 2 aromatic carbocycles. The summed E-state index contributed by atoms with van der Waals surface area (Å²) in [6.45, 7) is 0.456. The molecule has 0 aliphatic carbocycles. The van der Waals surface area contributed by atoms with Gasteiger partial charge in [0, 0.05) is 12.1 Å². The zero-order valence-corrected chi connectivity index (χ0v) is 14.2. The third-order valence-electron chi connectivity index (χ3n) is 3.49. The van der Waals surface area contributed by atoms with Crippen molar-refractivity contribution in [3.05, 3.63) is 54.1 Å². The van der Waals surface area contributed by atoms with Gasteiger partial charge in [0.1, 0.15) is 11.5 Å². The van der Waals surface area contributed by atoms with Gasteiger partial charge in [-0.25, -0.2) is 0 Å². The lowest BCUT2D eigenvalue weighted by atomic mass is 10.1. The van der Waals surface area contributed by atoms with Crippen LogP contribution in [0.3, 0.4) is 0 Å². The van der Waals surface area contributed by atoms with Gasteiger partial charge >= 0.3 is 0 Å². The van der Waals surface area contributed by atoms with Crippen molar-refractivity contribution in [3.8, 4) is 11.5 Å². The summed E-state index contributed by atoms with van der Waals surface area (Å²) in [5.74, 6) is 1.05. The molecule has 0 aliphatic heterocycles. The zero-order chi connectivity index (χ0) is 18.1. The van der Waals surface area contributed by atoms with Crippen LogP contribution in [-0.2, 0) is 16.0 Å². The number of carbonyl (C=O) groups excluding carboxylic acids is 2. The van der Waals surface area contributed by atoms with Crippen molar-refractivity contribution in [2.45, 2.75) is 19.3 Å². The Morgan fingerprint density at radius 3 is 2.24 bits per heavy atom. The van der Waals surface area contributed by atoms with Gasteiger partial charge in [0.15, 0.2) is 0 Å². The number of anilines is 1. The van der Waals surface area contributed by atoms with Crippen molar-refractivity contribution in [2.75, 3.05) is 19.0 Å². The Hall–Kier alpha value is -3.02. The molecule has 0 fully saturated rings. The molecule has 0 unspecified atom stereocenters. The number of amides is 2. The minimum absolute atomic E-state index is 0.0824. The van der Waals surface area contributed by atoms with Crippen molar-refractivity contribution in [3.63, 3.8) is 0 Å². The van der Waals surface area contributed by atoms with Crippen molar-refractivity contribution in [1.82, 2.24) is 0 Å². The van der Waals surface area contributed by atoms with Crippen LogP contribution in [-0.4, -0.2) is 25.5 Å². The Balaban J connectivity index is 1.68. The monoisotopic (exact) mass is 342 g/mol. The van der Waals surface area contributed by atoms with Crippen LogP contribution in [0, 0.1) is 0 Å². The first-order valence-corrected chi connectivity index (χ1v) is 8.01. The molecule has 0 spiro atoms. The van der Waals surface area contributed by atoms with Crippen molar-refractivity contribution in [2.24, 2.45) is 5.73 Å². The summed E-state index contributed by atoms with van der Waals surface area (Å²) < 4.78 is 10.7. The summed E-state index contributed by atoms with van der Waals surface area (Å²) in [5.41, 5.74) is 6.65. The Morgan fingerprint density at radius 2 is 1.64 bits per heavy atom. The van der Waals surface area contributed by atoms with E-state index in [4.69, 9.17) is 15.2 Å². The summed E-state index contributed by atoms with van der Waals surface area (Å²) in [5, 5.41) is 2.81. The topological polar surface area (TPSA) is 90.7 Å². The Kier molecular flexibility index (Phi) is 6.83. The molecule has 2 aromatic rings. The van der Waals surface area contributed by atoms with Crippen LogP contribution in [0.5, 0.6) is 11.5 Å². The van der Waals surface area contributed by atoms with Gasteiger partial charge in [-0.2, -0.15) is 0 Å². The first-order chi connectivity index (χ1) is 12.1. The summed E-state index contributed by atoms with van der Waals surface area (Å²) in [7, 11) is 1.61. The minimum Gasteiger partial charge on any atom is -0.497 e. The van der Waals surface area contributed by atoms with Crippen molar-refractivity contribution >= 4 is 17.5 Å². The third-order valence-corrected chi connectivity index (χ3v) is 3.49. The van der Waals surface area contributed by atoms with Crippen LogP contribution in [0.15, 0.2) is 48.5 Å². The van der Waals surface area contributed by atoms with Gasteiger partial charge in [-0.05, 0) is 48.4 Å². The molecule has 2 amide bonds. The van der Waals surface area contributed by atoms with Crippen LogP contribution in [0.1, 0.15) is 18.4 Å². The summed E-state index contributed by atoms with van der Waals surface area (Å²) >= 11 is 0. The lowest BCUT2D eigenvalue weighted by Crippen LogP contribution is -2.14. The molecule has 132 valence electrons. The van der Waals surface area contributed by atoms with E-state index in [2.05, 4.69) is 5.32 Å². The Labute approximate surface area is 146 Å². The fourth-order valence-corrected chi connectivity index (χ4v) is 2.23. The molecule has 0 saturated heterocycles. The number of primary amides is 1. The van der Waals surface area contributed by atoms with Crippen LogP contribution in [0.25, 0.3) is 0 Å². The van der Waals surface area contributed by atoms with Gasteiger partial charge in [0.2, 0.25) is 11.8 Å². The summed E-state index contributed by atoms with van der Waals surface area (Å²) in [4.78, 5) is 22.8. The Bertz CT molecular complexity index is 696.